The number of nitrogens with one attached hydrogen (secondary N) is 1. The second-order valence-corrected chi connectivity index (χ2v) is 6.27. The van der Waals surface area contributed by atoms with E-state index in [-0.39, 0.29) is 0 Å². The molecule has 0 spiro atoms. The number of hydrogen-bond donors (Lipinski definition) is 1. The van der Waals surface area contributed by atoms with Crippen LogP contribution in [0.15, 0.2) is 12.1 Å². The summed E-state index contributed by atoms with van der Waals surface area (Å²) in [5.41, 5.74) is 5.76. The van der Waals surface area contributed by atoms with Gasteiger partial charge < -0.3 is 10.1 Å². The average Bonchev–Trinajstić information content (AvgIpc) is 2.91. The summed E-state index contributed by atoms with van der Waals surface area (Å²) in [4.78, 5) is 0. The highest BCUT2D eigenvalue weighted by atomic mass is 16.5. The zero-order valence-electron chi connectivity index (χ0n) is 13.5. The highest BCUT2D eigenvalue weighted by Crippen LogP contribution is 2.24. The van der Waals surface area contributed by atoms with Gasteiger partial charge in [0.25, 0.3) is 0 Å². The Labute approximate surface area is 123 Å². The molecule has 1 aromatic carbocycles. The van der Waals surface area contributed by atoms with Gasteiger partial charge in [0, 0.05) is 18.6 Å². The summed E-state index contributed by atoms with van der Waals surface area (Å²) in [6, 6.07) is 5.17. The summed E-state index contributed by atoms with van der Waals surface area (Å²) < 4.78 is 5.60. The van der Waals surface area contributed by atoms with Crippen LogP contribution in [-0.2, 0) is 11.2 Å². The van der Waals surface area contributed by atoms with Gasteiger partial charge in [-0.25, -0.2) is 0 Å². The van der Waals surface area contributed by atoms with Crippen molar-refractivity contribution in [3.63, 3.8) is 0 Å². The van der Waals surface area contributed by atoms with Gasteiger partial charge in [-0.05, 0) is 63.3 Å². The molecule has 2 heteroatoms. The molecule has 0 amide bonds. The van der Waals surface area contributed by atoms with E-state index in [1.807, 2.05) is 0 Å². The zero-order chi connectivity index (χ0) is 14.5. The summed E-state index contributed by atoms with van der Waals surface area (Å²) >= 11 is 0. The van der Waals surface area contributed by atoms with Crippen molar-refractivity contribution in [2.24, 2.45) is 5.92 Å². The van der Waals surface area contributed by atoms with E-state index in [0.717, 1.165) is 26.2 Å². The molecule has 2 unspecified atom stereocenters. The zero-order valence-corrected chi connectivity index (χ0v) is 13.5. The van der Waals surface area contributed by atoms with Crippen molar-refractivity contribution >= 4 is 0 Å². The molecule has 1 aliphatic rings. The minimum atomic E-state index is 0.553. The van der Waals surface area contributed by atoms with Crippen molar-refractivity contribution < 1.29 is 4.74 Å². The molecular formula is C18H29NO. The molecular weight excluding hydrogens is 246 g/mol. The van der Waals surface area contributed by atoms with Crippen LogP contribution in [0.2, 0.25) is 0 Å². The Hall–Kier alpha value is -0.860. The average molecular weight is 275 g/mol. The van der Waals surface area contributed by atoms with Gasteiger partial charge >= 0.3 is 0 Å². The Morgan fingerprint density at radius 1 is 1.25 bits per heavy atom. The van der Waals surface area contributed by atoms with Crippen LogP contribution in [0.1, 0.15) is 42.0 Å². The van der Waals surface area contributed by atoms with E-state index >= 15 is 0 Å². The third-order valence-corrected chi connectivity index (χ3v) is 4.45. The summed E-state index contributed by atoms with van der Waals surface area (Å²) in [5, 5.41) is 3.75. The predicted octanol–water partition coefficient (Wildman–Crippen LogP) is 3.56. The largest absolute Gasteiger partial charge is 0.381 e. The molecule has 2 nitrogen and oxygen atoms in total. The van der Waals surface area contributed by atoms with Crippen LogP contribution in [0.25, 0.3) is 0 Å². The fourth-order valence-electron chi connectivity index (χ4n) is 3.36. The minimum Gasteiger partial charge on any atom is -0.381 e. The standard InChI is InChI=1S/C18H29NO/c1-5-7-19-18(16-6-8-20-12-16)11-17-14(3)9-13(2)10-15(17)4/h9-10,16,18-19H,5-8,11-12H2,1-4H3. The minimum absolute atomic E-state index is 0.553. The van der Waals surface area contributed by atoms with E-state index in [2.05, 4.69) is 45.1 Å². The van der Waals surface area contributed by atoms with E-state index < -0.39 is 0 Å². The Morgan fingerprint density at radius 3 is 2.50 bits per heavy atom. The van der Waals surface area contributed by atoms with Crippen LogP contribution < -0.4 is 5.32 Å². The molecule has 112 valence electrons. The highest BCUT2D eigenvalue weighted by molar-refractivity contribution is 5.38. The van der Waals surface area contributed by atoms with Crippen LogP contribution in [0.3, 0.4) is 0 Å². The lowest BCUT2D eigenvalue weighted by atomic mass is 9.88. The normalized spacial score (nSPS) is 20.3. The molecule has 1 saturated heterocycles. The quantitative estimate of drug-likeness (QED) is 0.857. The molecule has 0 aromatic heterocycles. The SMILES string of the molecule is CCCNC(Cc1c(C)cc(C)cc1C)C1CCOC1. The van der Waals surface area contributed by atoms with Crippen molar-refractivity contribution in [3.8, 4) is 0 Å². The van der Waals surface area contributed by atoms with Gasteiger partial charge in [0.15, 0.2) is 0 Å². The predicted molar refractivity (Wildman–Crippen MR) is 85.4 cm³/mol. The maximum absolute atomic E-state index is 5.60. The molecule has 2 atom stereocenters. The van der Waals surface area contributed by atoms with Crippen molar-refractivity contribution in [2.45, 2.75) is 53.0 Å². The highest BCUT2D eigenvalue weighted by Gasteiger charge is 2.26. The molecule has 1 N–H and O–H groups in total. The van der Waals surface area contributed by atoms with Crippen LogP contribution in [0.5, 0.6) is 0 Å². The van der Waals surface area contributed by atoms with E-state index in [0.29, 0.717) is 12.0 Å². The molecule has 1 heterocycles. The number of benzene rings is 1. The van der Waals surface area contributed by atoms with Gasteiger partial charge in [-0.15, -0.1) is 0 Å². The van der Waals surface area contributed by atoms with Gasteiger partial charge in [0.1, 0.15) is 0 Å². The lowest BCUT2D eigenvalue weighted by molar-refractivity contribution is 0.176. The lowest BCUT2D eigenvalue weighted by Gasteiger charge is -2.25. The Morgan fingerprint density at radius 2 is 1.95 bits per heavy atom. The maximum Gasteiger partial charge on any atom is 0.0510 e. The van der Waals surface area contributed by atoms with Crippen LogP contribution in [0.4, 0.5) is 0 Å². The van der Waals surface area contributed by atoms with Crippen molar-refractivity contribution in [3.05, 3.63) is 34.4 Å². The summed E-state index contributed by atoms with van der Waals surface area (Å²) in [5.74, 6) is 0.668. The van der Waals surface area contributed by atoms with Gasteiger partial charge in [-0.3, -0.25) is 0 Å². The fraction of sp³-hybridized carbons (Fsp3) is 0.667. The summed E-state index contributed by atoms with van der Waals surface area (Å²) in [6.45, 7) is 11.9. The molecule has 0 bridgehead atoms. The summed E-state index contributed by atoms with van der Waals surface area (Å²) in [7, 11) is 0. The first-order valence-electron chi connectivity index (χ1n) is 7.99. The first-order chi connectivity index (χ1) is 9.61. The second-order valence-electron chi connectivity index (χ2n) is 6.27. The van der Waals surface area contributed by atoms with Gasteiger partial charge in [-0.1, -0.05) is 24.6 Å². The van der Waals surface area contributed by atoms with Crippen LogP contribution in [0, 0.1) is 26.7 Å². The second kappa shape index (κ2) is 7.24. The third-order valence-electron chi connectivity index (χ3n) is 4.45. The van der Waals surface area contributed by atoms with E-state index in [1.54, 1.807) is 0 Å². The first-order valence-corrected chi connectivity index (χ1v) is 7.99. The molecule has 0 radical (unpaired) electrons. The van der Waals surface area contributed by atoms with Gasteiger partial charge in [-0.2, -0.15) is 0 Å². The van der Waals surface area contributed by atoms with Gasteiger partial charge in [0.05, 0.1) is 6.61 Å². The molecule has 0 aliphatic carbocycles. The topological polar surface area (TPSA) is 21.3 Å². The smallest absolute Gasteiger partial charge is 0.0510 e. The molecule has 2 rings (SSSR count). The number of hydrogen-bond acceptors (Lipinski definition) is 2. The third kappa shape index (κ3) is 3.83. The van der Waals surface area contributed by atoms with E-state index in [9.17, 15) is 0 Å². The Kier molecular flexibility index (Phi) is 5.62. The molecule has 0 saturated carbocycles. The van der Waals surface area contributed by atoms with E-state index in [1.165, 1.54) is 35.1 Å². The number of aryl methyl sites for hydroxylation is 3. The van der Waals surface area contributed by atoms with E-state index in [4.69, 9.17) is 4.74 Å². The van der Waals surface area contributed by atoms with Crippen molar-refractivity contribution in [1.82, 2.24) is 5.32 Å². The maximum atomic E-state index is 5.60. The molecule has 1 aliphatic heterocycles. The monoisotopic (exact) mass is 275 g/mol. The molecule has 1 aromatic rings. The molecule has 20 heavy (non-hydrogen) atoms. The van der Waals surface area contributed by atoms with Crippen molar-refractivity contribution in [2.75, 3.05) is 19.8 Å². The van der Waals surface area contributed by atoms with Crippen LogP contribution >= 0.6 is 0 Å². The first kappa shape index (κ1) is 15.5. The molecule has 1 fully saturated rings. The Bertz CT molecular complexity index is 412. The number of ether oxygens (including phenoxy) is 1. The fourth-order valence-corrected chi connectivity index (χ4v) is 3.36. The lowest BCUT2D eigenvalue weighted by Crippen LogP contribution is -2.39. The van der Waals surface area contributed by atoms with Crippen molar-refractivity contribution in [1.29, 1.82) is 0 Å². The number of rotatable bonds is 6. The van der Waals surface area contributed by atoms with Gasteiger partial charge in [0.2, 0.25) is 0 Å². The van der Waals surface area contributed by atoms with Crippen LogP contribution in [-0.4, -0.2) is 25.8 Å². The Balaban J connectivity index is 2.14. The summed E-state index contributed by atoms with van der Waals surface area (Å²) in [6.07, 6.45) is 3.52.